The number of aryl methyl sites for hydroxylation is 1. The lowest BCUT2D eigenvalue weighted by Crippen LogP contribution is -2.14. The number of rotatable bonds is 6. The Morgan fingerprint density at radius 2 is 2.11 bits per heavy atom. The number of ketones is 1. The van der Waals surface area contributed by atoms with E-state index in [-0.39, 0.29) is 22.9 Å². The van der Waals surface area contributed by atoms with E-state index >= 15 is 0 Å². The molecule has 1 aliphatic heterocycles. The Balaban J connectivity index is 1.36. The fraction of sp³-hybridized carbons (Fsp3) is 0.385. The maximum absolute atomic E-state index is 13.0. The Kier molecular flexibility index (Phi) is 6.36. The summed E-state index contributed by atoms with van der Waals surface area (Å²) in [6, 6.07) is 8.21. The van der Waals surface area contributed by atoms with Crippen LogP contribution < -0.4 is 10.6 Å². The molecule has 1 aromatic carbocycles. The molecule has 0 aliphatic carbocycles. The van der Waals surface area contributed by atoms with Gasteiger partial charge in [0.2, 0.25) is 23.4 Å². The first-order valence-electron chi connectivity index (χ1n) is 12.1. The van der Waals surface area contributed by atoms with Crippen LogP contribution in [-0.2, 0) is 19.0 Å². The van der Waals surface area contributed by atoms with Gasteiger partial charge in [0, 0.05) is 43.4 Å². The first-order valence-corrected chi connectivity index (χ1v) is 12.1. The molecule has 0 amide bonds. The Bertz CT molecular complexity index is 1380. The number of nitrogens with zero attached hydrogens (tertiary/aromatic N) is 6. The van der Waals surface area contributed by atoms with Gasteiger partial charge in [-0.05, 0) is 42.1 Å². The highest BCUT2D eigenvalue weighted by Gasteiger charge is 2.27. The van der Waals surface area contributed by atoms with Gasteiger partial charge in [0.1, 0.15) is 0 Å². The molecule has 0 unspecified atom stereocenters. The second-order valence-corrected chi connectivity index (χ2v) is 10.2. The van der Waals surface area contributed by atoms with Crippen molar-refractivity contribution in [3.05, 3.63) is 65.7 Å². The van der Waals surface area contributed by atoms with Crippen LogP contribution in [0.2, 0.25) is 0 Å². The number of anilines is 2. The lowest BCUT2D eigenvalue weighted by Gasteiger charge is -2.17. The first kappa shape index (κ1) is 23.8. The normalized spacial score (nSPS) is 15.8. The molecule has 10 heteroatoms. The van der Waals surface area contributed by atoms with Gasteiger partial charge >= 0.3 is 0 Å². The van der Waals surface area contributed by atoms with E-state index in [9.17, 15) is 4.79 Å². The van der Waals surface area contributed by atoms with Gasteiger partial charge in [0.25, 0.3) is 0 Å². The van der Waals surface area contributed by atoms with E-state index < -0.39 is 0 Å². The Labute approximate surface area is 209 Å². The molecular weight excluding hydrogens is 456 g/mol. The molecule has 1 atom stereocenters. The van der Waals surface area contributed by atoms with Gasteiger partial charge in [-0.3, -0.25) is 9.48 Å². The third kappa shape index (κ3) is 5.18. The highest BCUT2D eigenvalue weighted by molar-refractivity contribution is 5.93. The zero-order chi connectivity index (χ0) is 25.3. The third-order valence-corrected chi connectivity index (χ3v) is 6.23. The summed E-state index contributed by atoms with van der Waals surface area (Å²) in [4.78, 5) is 26.4. The van der Waals surface area contributed by atoms with Crippen molar-refractivity contribution in [3.63, 3.8) is 0 Å². The van der Waals surface area contributed by atoms with Crippen molar-refractivity contribution in [1.29, 1.82) is 0 Å². The molecule has 0 saturated heterocycles. The smallest absolute Gasteiger partial charge is 0.238 e. The second-order valence-electron chi connectivity index (χ2n) is 10.2. The number of hydrogen-bond acceptors (Lipinski definition) is 9. The number of carbonyl (C=O) groups is 1. The van der Waals surface area contributed by atoms with E-state index in [0.717, 1.165) is 42.0 Å². The minimum Gasteiger partial charge on any atom is -0.338 e. The highest BCUT2D eigenvalue weighted by Crippen LogP contribution is 2.33. The maximum Gasteiger partial charge on any atom is 0.238 e. The molecule has 3 aromatic heterocycles. The molecule has 4 aromatic rings. The van der Waals surface area contributed by atoms with Crippen molar-refractivity contribution in [1.82, 2.24) is 35.2 Å². The molecule has 186 valence electrons. The molecule has 5 rings (SSSR count). The second kappa shape index (κ2) is 9.62. The summed E-state index contributed by atoms with van der Waals surface area (Å²) in [5.41, 5.74) is 4.66. The predicted octanol–water partition coefficient (Wildman–Crippen LogP) is 4.15. The van der Waals surface area contributed by atoms with E-state index in [1.165, 1.54) is 5.56 Å². The van der Waals surface area contributed by atoms with Crippen LogP contribution in [0.25, 0.3) is 11.3 Å². The summed E-state index contributed by atoms with van der Waals surface area (Å²) in [5.74, 6) is 1.11. The quantitative estimate of drug-likeness (QED) is 0.387. The van der Waals surface area contributed by atoms with Gasteiger partial charge in [-0.25, -0.2) is 9.97 Å². The standard InChI is InChI=1S/C26H30N8O2/c1-26(2,3)24-32-23(33-36-24)22(35)12-16-7-9-27-13-18-11-17(5-6-20(16)18)21-8-10-28-25(31-21)30-19-14-29-34(4)15-19/h5-6,8,10-11,14-16,27H,7,9,12-13H2,1-4H3,(H,28,30,31)/t16-/m0/s1. The van der Waals surface area contributed by atoms with Crippen molar-refractivity contribution in [2.75, 3.05) is 11.9 Å². The largest absolute Gasteiger partial charge is 0.338 e. The SMILES string of the molecule is Cn1cc(Nc2nccc(-c3ccc4c(c3)CNCC[C@H]4CC(=O)c3noc(C(C)(C)C)n3)n2)cn1. The number of benzene rings is 1. The van der Waals surface area contributed by atoms with Crippen LogP contribution in [0.15, 0.2) is 47.4 Å². The van der Waals surface area contributed by atoms with Crippen molar-refractivity contribution in [2.24, 2.45) is 7.05 Å². The summed E-state index contributed by atoms with van der Waals surface area (Å²) < 4.78 is 7.05. The van der Waals surface area contributed by atoms with Gasteiger partial charge in [0.05, 0.1) is 17.6 Å². The average molecular weight is 487 g/mol. The molecule has 36 heavy (non-hydrogen) atoms. The van der Waals surface area contributed by atoms with Crippen molar-refractivity contribution >= 4 is 17.4 Å². The van der Waals surface area contributed by atoms with E-state index in [1.807, 2.05) is 40.1 Å². The molecule has 0 radical (unpaired) electrons. The maximum atomic E-state index is 13.0. The minimum absolute atomic E-state index is 0.0707. The predicted molar refractivity (Wildman–Crippen MR) is 135 cm³/mol. The van der Waals surface area contributed by atoms with Crippen LogP contribution in [0, 0.1) is 0 Å². The van der Waals surface area contributed by atoms with Crippen LogP contribution in [0.1, 0.15) is 67.2 Å². The fourth-order valence-electron chi connectivity index (χ4n) is 4.33. The van der Waals surface area contributed by atoms with Crippen molar-refractivity contribution < 1.29 is 9.32 Å². The number of nitrogens with one attached hydrogen (secondary N) is 2. The van der Waals surface area contributed by atoms with E-state index in [0.29, 0.717) is 18.3 Å². The number of aromatic nitrogens is 6. The molecule has 1 aliphatic rings. The van der Waals surface area contributed by atoms with Gasteiger partial charge in [-0.2, -0.15) is 10.1 Å². The summed E-state index contributed by atoms with van der Waals surface area (Å²) in [6.45, 7) is 7.50. The fourth-order valence-corrected chi connectivity index (χ4v) is 4.33. The minimum atomic E-state index is -0.296. The van der Waals surface area contributed by atoms with Crippen molar-refractivity contribution in [3.8, 4) is 11.3 Å². The summed E-state index contributed by atoms with van der Waals surface area (Å²) in [7, 11) is 1.86. The molecule has 4 heterocycles. The van der Waals surface area contributed by atoms with E-state index in [2.05, 4.69) is 54.0 Å². The summed E-state index contributed by atoms with van der Waals surface area (Å²) in [5, 5.41) is 14.8. The van der Waals surface area contributed by atoms with Crippen LogP contribution in [-0.4, -0.2) is 42.2 Å². The lowest BCUT2D eigenvalue weighted by atomic mass is 9.87. The van der Waals surface area contributed by atoms with Crippen LogP contribution >= 0.6 is 0 Å². The van der Waals surface area contributed by atoms with E-state index in [1.54, 1.807) is 17.1 Å². The molecule has 10 nitrogen and oxygen atoms in total. The molecule has 0 bridgehead atoms. The number of fused-ring (bicyclic) bond motifs is 1. The van der Waals surface area contributed by atoms with Gasteiger partial charge in [0.15, 0.2) is 0 Å². The third-order valence-electron chi connectivity index (χ3n) is 6.23. The van der Waals surface area contributed by atoms with Crippen molar-refractivity contribution in [2.45, 2.75) is 51.5 Å². The van der Waals surface area contributed by atoms with Gasteiger partial charge < -0.3 is 15.2 Å². The van der Waals surface area contributed by atoms with Crippen LogP contribution in [0.4, 0.5) is 11.6 Å². The monoisotopic (exact) mass is 486 g/mol. The summed E-state index contributed by atoms with van der Waals surface area (Å²) in [6.07, 6.45) is 6.52. The van der Waals surface area contributed by atoms with E-state index in [4.69, 9.17) is 4.52 Å². The topological polar surface area (TPSA) is 124 Å². The zero-order valence-electron chi connectivity index (χ0n) is 20.9. The first-order chi connectivity index (χ1) is 17.3. The van der Waals surface area contributed by atoms with Gasteiger partial charge in [-0.1, -0.05) is 38.1 Å². The number of hydrogen-bond donors (Lipinski definition) is 2. The zero-order valence-corrected chi connectivity index (χ0v) is 20.9. The number of carbonyl (C=O) groups excluding carboxylic acids is 1. The molecule has 2 N–H and O–H groups in total. The van der Waals surface area contributed by atoms with Crippen LogP contribution in [0.5, 0.6) is 0 Å². The Morgan fingerprint density at radius 1 is 1.25 bits per heavy atom. The Hall–Kier alpha value is -3.92. The molecular formula is C26H30N8O2. The lowest BCUT2D eigenvalue weighted by molar-refractivity contribution is 0.0959. The Morgan fingerprint density at radius 3 is 2.86 bits per heavy atom. The molecule has 0 saturated carbocycles. The van der Waals surface area contributed by atoms with Gasteiger partial charge in [-0.15, -0.1) is 0 Å². The summed E-state index contributed by atoms with van der Waals surface area (Å²) >= 11 is 0. The van der Waals surface area contributed by atoms with Crippen LogP contribution in [0.3, 0.4) is 0 Å². The molecule has 0 spiro atoms. The number of Topliss-reactive ketones (excluding diaryl/α,β-unsaturated/α-hetero) is 1. The average Bonchev–Trinajstić information content (AvgIpc) is 3.46. The highest BCUT2D eigenvalue weighted by atomic mass is 16.5. The molecule has 0 fully saturated rings.